The number of halogens is 1. The first-order valence-corrected chi connectivity index (χ1v) is 5.49. The number of pyridine rings is 1. The summed E-state index contributed by atoms with van der Waals surface area (Å²) in [6, 6.07) is 1.26. The Morgan fingerprint density at radius 1 is 1.68 bits per heavy atom. The number of aliphatic hydroxyl groups excluding tert-OH is 2. The molecular formula is C10H11ClN4O4. The number of esters is 1. The van der Waals surface area contributed by atoms with E-state index in [0.29, 0.717) is 0 Å². The van der Waals surface area contributed by atoms with Gasteiger partial charge in [0.25, 0.3) is 0 Å². The van der Waals surface area contributed by atoms with Crippen molar-refractivity contribution in [3.8, 4) is 0 Å². The van der Waals surface area contributed by atoms with Gasteiger partial charge in [-0.3, -0.25) is 0 Å². The summed E-state index contributed by atoms with van der Waals surface area (Å²) in [6.45, 7) is -0.312. The van der Waals surface area contributed by atoms with Crippen LogP contribution in [0, 0.1) is 0 Å². The maximum absolute atomic E-state index is 11.4. The van der Waals surface area contributed by atoms with Gasteiger partial charge in [-0.05, 0) is 11.6 Å². The standard InChI is InChI=1S/C10H11ClN4O4/c1-19-10(18)6-2-5(3-13-9(6)11)8(17)7(16)4-14-15-12/h2-3,7-8,16-17H,4H2,1H3. The summed E-state index contributed by atoms with van der Waals surface area (Å²) in [7, 11) is 1.18. The molecule has 1 aromatic heterocycles. The Balaban J connectivity index is 3.01. The van der Waals surface area contributed by atoms with Gasteiger partial charge in [0.15, 0.2) is 0 Å². The molecule has 0 aromatic carbocycles. The van der Waals surface area contributed by atoms with Crippen molar-refractivity contribution in [2.24, 2.45) is 5.11 Å². The number of hydrogen-bond acceptors (Lipinski definition) is 6. The third-order valence-corrected chi connectivity index (χ3v) is 2.60. The molecule has 0 radical (unpaired) electrons. The van der Waals surface area contributed by atoms with Crippen molar-refractivity contribution in [1.82, 2.24) is 4.98 Å². The lowest BCUT2D eigenvalue weighted by molar-refractivity contribution is 0.0241. The summed E-state index contributed by atoms with van der Waals surface area (Å²) >= 11 is 5.72. The monoisotopic (exact) mass is 286 g/mol. The molecule has 19 heavy (non-hydrogen) atoms. The summed E-state index contributed by atoms with van der Waals surface area (Å²) in [4.78, 5) is 17.6. The maximum atomic E-state index is 11.4. The van der Waals surface area contributed by atoms with Crippen LogP contribution in [-0.4, -0.2) is 40.9 Å². The van der Waals surface area contributed by atoms with Crippen LogP contribution in [0.2, 0.25) is 5.15 Å². The zero-order chi connectivity index (χ0) is 14.4. The van der Waals surface area contributed by atoms with Crippen molar-refractivity contribution >= 4 is 17.6 Å². The van der Waals surface area contributed by atoms with Crippen LogP contribution in [0.1, 0.15) is 22.0 Å². The molecule has 0 fully saturated rings. The quantitative estimate of drug-likeness (QED) is 0.276. The fraction of sp³-hybridized carbons (Fsp3) is 0.400. The molecule has 1 heterocycles. The Kier molecular flexibility index (Phi) is 5.53. The van der Waals surface area contributed by atoms with Gasteiger partial charge in [0, 0.05) is 16.7 Å². The van der Waals surface area contributed by atoms with Crippen LogP contribution in [0.3, 0.4) is 0 Å². The summed E-state index contributed by atoms with van der Waals surface area (Å²) < 4.78 is 4.50. The summed E-state index contributed by atoms with van der Waals surface area (Å²) in [5.41, 5.74) is 8.25. The molecule has 0 spiro atoms. The molecule has 0 saturated carbocycles. The number of nitrogens with zero attached hydrogens (tertiary/aromatic N) is 4. The first-order valence-electron chi connectivity index (χ1n) is 5.12. The Morgan fingerprint density at radius 3 is 2.95 bits per heavy atom. The number of aliphatic hydroxyl groups is 2. The zero-order valence-electron chi connectivity index (χ0n) is 9.89. The van der Waals surface area contributed by atoms with Crippen molar-refractivity contribution in [3.05, 3.63) is 39.0 Å². The highest BCUT2D eigenvalue weighted by Crippen LogP contribution is 2.22. The topological polar surface area (TPSA) is 128 Å². The Morgan fingerprint density at radius 2 is 2.37 bits per heavy atom. The van der Waals surface area contributed by atoms with Crippen molar-refractivity contribution < 1.29 is 19.7 Å². The van der Waals surface area contributed by atoms with Crippen molar-refractivity contribution in [2.75, 3.05) is 13.7 Å². The lowest BCUT2D eigenvalue weighted by Gasteiger charge is -2.16. The fourth-order valence-electron chi connectivity index (χ4n) is 1.32. The molecule has 0 aliphatic heterocycles. The molecule has 2 atom stereocenters. The minimum absolute atomic E-state index is 0.0308. The van der Waals surface area contributed by atoms with Gasteiger partial charge >= 0.3 is 5.97 Å². The highest BCUT2D eigenvalue weighted by molar-refractivity contribution is 6.32. The summed E-state index contributed by atoms with van der Waals surface area (Å²) in [6.07, 6.45) is -1.47. The molecule has 1 rings (SSSR count). The first-order chi connectivity index (χ1) is 9.01. The molecule has 0 aliphatic carbocycles. The van der Waals surface area contributed by atoms with E-state index in [1.807, 2.05) is 0 Å². The molecule has 0 aliphatic rings. The van der Waals surface area contributed by atoms with E-state index in [9.17, 15) is 15.0 Å². The molecule has 8 nitrogen and oxygen atoms in total. The van der Waals surface area contributed by atoms with E-state index in [1.54, 1.807) is 0 Å². The van der Waals surface area contributed by atoms with Crippen LogP contribution in [0.25, 0.3) is 10.4 Å². The van der Waals surface area contributed by atoms with Crippen LogP contribution in [0.4, 0.5) is 0 Å². The number of azide groups is 1. The number of carbonyl (C=O) groups excluding carboxylic acids is 1. The Bertz CT molecular complexity index is 518. The smallest absolute Gasteiger partial charge is 0.341 e. The van der Waals surface area contributed by atoms with Gasteiger partial charge in [-0.25, -0.2) is 9.78 Å². The van der Waals surface area contributed by atoms with Gasteiger partial charge in [0.05, 0.1) is 25.3 Å². The third-order valence-electron chi connectivity index (χ3n) is 2.30. The fourth-order valence-corrected chi connectivity index (χ4v) is 1.50. The van der Waals surface area contributed by atoms with E-state index in [2.05, 4.69) is 19.7 Å². The average molecular weight is 287 g/mol. The van der Waals surface area contributed by atoms with Gasteiger partial charge in [-0.2, -0.15) is 0 Å². The number of aromatic nitrogens is 1. The van der Waals surface area contributed by atoms with E-state index in [4.69, 9.17) is 17.1 Å². The number of ether oxygens (including phenoxy) is 1. The summed E-state index contributed by atoms with van der Waals surface area (Å²) in [5, 5.41) is 22.4. The van der Waals surface area contributed by atoms with Crippen LogP contribution >= 0.6 is 11.6 Å². The second-order valence-electron chi connectivity index (χ2n) is 3.52. The van der Waals surface area contributed by atoms with Crippen LogP contribution in [-0.2, 0) is 4.74 Å². The Labute approximate surface area is 113 Å². The van der Waals surface area contributed by atoms with Gasteiger partial charge in [-0.15, -0.1) is 0 Å². The van der Waals surface area contributed by atoms with Crippen LogP contribution in [0.5, 0.6) is 0 Å². The minimum Gasteiger partial charge on any atom is -0.465 e. The molecular weight excluding hydrogens is 276 g/mol. The van der Waals surface area contributed by atoms with E-state index in [1.165, 1.54) is 19.4 Å². The maximum Gasteiger partial charge on any atom is 0.341 e. The third kappa shape index (κ3) is 3.80. The molecule has 102 valence electrons. The van der Waals surface area contributed by atoms with E-state index in [0.717, 1.165) is 0 Å². The highest BCUT2D eigenvalue weighted by atomic mass is 35.5. The minimum atomic E-state index is -1.36. The number of carbonyl (C=O) groups is 1. The number of methoxy groups -OCH3 is 1. The summed E-state index contributed by atoms with van der Waals surface area (Å²) in [5.74, 6) is -0.712. The van der Waals surface area contributed by atoms with Crippen molar-refractivity contribution in [2.45, 2.75) is 12.2 Å². The van der Waals surface area contributed by atoms with Crippen LogP contribution in [0.15, 0.2) is 17.4 Å². The molecule has 9 heteroatoms. The number of hydrogen-bond donors (Lipinski definition) is 2. The highest BCUT2D eigenvalue weighted by Gasteiger charge is 2.21. The SMILES string of the molecule is COC(=O)c1cc(C(O)C(O)CN=[N+]=[N-])cnc1Cl. The van der Waals surface area contributed by atoms with Gasteiger partial charge in [0.2, 0.25) is 0 Å². The normalized spacial score (nSPS) is 13.3. The predicted molar refractivity (Wildman–Crippen MR) is 65.6 cm³/mol. The average Bonchev–Trinajstić information content (AvgIpc) is 2.43. The van der Waals surface area contributed by atoms with Gasteiger partial charge in [-0.1, -0.05) is 16.7 Å². The molecule has 1 aromatic rings. The lowest BCUT2D eigenvalue weighted by atomic mass is 10.0. The van der Waals surface area contributed by atoms with E-state index >= 15 is 0 Å². The van der Waals surface area contributed by atoms with E-state index in [-0.39, 0.29) is 22.8 Å². The van der Waals surface area contributed by atoms with E-state index < -0.39 is 18.2 Å². The molecule has 0 amide bonds. The molecule has 0 bridgehead atoms. The second-order valence-corrected chi connectivity index (χ2v) is 3.88. The molecule has 2 unspecified atom stereocenters. The largest absolute Gasteiger partial charge is 0.465 e. The second kappa shape index (κ2) is 6.91. The molecule has 0 saturated heterocycles. The lowest BCUT2D eigenvalue weighted by Crippen LogP contribution is -2.21. The Hall–Kier alpha value is -1.86. The van der Waals surface area contributed by atoms with Gasteiger partial charge < -0.3 is 14.9 Å². The van der Waals surface area contributed by atoms with Crippen molar-refractivity contribution in [3.63, 3.8) is 0 Å². The zero-order valence-corrected chi connectivity index (χ0v) is 10.7. The number of rotatable bonds is 5. The first kappa shape index (κ1) is 15.2. The van der Waals surface area contributed by atoms with Crippen LogP contribution < -0.4 is 0 Å². The van der Waals surface area contributed by atoms with Crippen molar-refractivity contribution in [1.29, 1.82) is 0 Å². The molecule has 2 N–H and O–H groups in total. The predicted octanol–water partition coefficient (Wildman–Crippen LogP) is 1.23. The van der Waals surface area contributed by atoms with Gasteiger partial charge in [0.1, 0.15) is 11.3 Å².